The van der Waals surface area contributed by atoms with E-state index in [2.05, 4.69) is 10.3 Å². The van der Waals surface area contributed by atoms with Crippen LogP contribution in [0, 0.1) is 5.82 Å². The van der Waals surface area contributed by atoms with Gasteiger partial charge in [-0.1, -0.05) is 23.2 Å². The molecule has 1 fully saturated rings. The Morgan fingerprint density at radius 3 is 2.90 bits per heavy atom. The van der Waals surface area contributed by atoms with Gasteiger partial charge in [-0.05, 0) is 18.9 Å². The second-order valence-corrected chi connectivity index (χ2v) is 6.30. The number of benzene rings is 1. The maximum absolute atomic E-state index is 14.1. The summed E-state index contributed by atoms with van der Waals surface area (Å²) in [4.78, 5) is 4.61. The largest absolute Gasteiger partial charge is 0.381 e. The van der Waals surface area contributed by atoms with Crippen LogP contribution in [0.15, 0.2) is 6.07 Å². The van der Waals surface area contributed by atoms with Gasteiger partial charge in [-0.2, -0.15) is 0 Å². The quantitative estimate of drug-likeness (QED) is 0.834. The third-order valence-electron chi connectivity index (χ3n) is 3.95. The average molecular weight is 327 g/mol. The third-order valence-corrected chi connectivity index (χ3v) is 4.58. The molecule has 0 atom stereocenters. The number of rotatable bonds is 2. The maximum atomic E-state index is 14.1. The second-order valence-electron chi connectivity index (χ2n) is 5.51. The minimum atomic E-state index is -0.594. The van der Waals surface area contributed by atoms with E-state index in [9.17, 15) is 4.39 Å². The normalized spacial score (nSPS) is 17.9. The lowest BCUT2D eigenvalue weighted by Crippen LogP contribution is -2.16. The van der Waals surface area contributed by atoms with E-state index in [4.69, 9.17) is 27.9 Å². The zero-order valence-electron chi connectivity index (χ0n) is 11.2. The van der Waals surface area contributed by atoms with Crippen molar-refractivity contribution < 1.29 is 9.13 Å². The number of fused-ring (bicyclic) bond motifs is 2. The Balaban J connectivity index is 2.04. The lowest BCUT2D eigenvalue weighted by molar-refractivity contribution is 0.110. The first kappa shape index (κ1) is 13.6. The highest BCUT2D eigenvalue weighted by molar-refractivity contribution is 6.39. The summed E-state index contributed by atoms with van der Waals surface area (Å²) in [6, 6.07) is 1.97. The van der Waals surface area contributed by atoms with Gasteiger partial charge in [-0.15, -0.1) is 0 Å². The molecule has 6 heteroatoms. The predicted octanol–water partition coefficient (Wildman–Crippen LogP) is 4.33. The Hall–Kier alpha value is -1.10. The molecule has 21 heavy (non-hydrogen) atoms. The first-order chi connectivity index (χ1) is 10.1. The summed E-state index contributed by atoms with van der Waals surface area (Å²) in [6.45, 7) is 1.13. The summed E-state index contributed by atoms with van der Waals surface area (Å²) in [7, 11) is 0. The highest BCUT2D eigenvalue weighted by Gasteiger charge is 2.27. The summed E-state index contributed by atoms with van der Waals surface area (Å²) < 4.78 is 19.6. The van der Waals surface area contributed by atoms with E-state index in [1.165, 1.54) is 0 Å². The van der Waals surface area contributed by atoms with Gasteiger partial charge in [-0.25, -0.2) is 4.39 Å². The van der Waals surface area contributed by atoms with Crippen molar-refractivity contribution in [3.8, 4) is 0 Å². The molecule has 2 heterocycles. The van der Waals surface area contributed by atoms with Crippen molar-refractivity contribution in [2.45, 2.75) is 31.9 Å². The van der Waals surface area contributed by atoms with Gasteiger partial charge in [-0.3, -0.25) is 4.98 Å². The van der Waals surface area contributed by atoms with Crippen LogP contribution in [0.2, 0.25) is 10.0 Å². The van der Waals surface area contributed by atoms with E-state index < -0.39 is 5.82 Å². The van der Waals surface area contributed by atoms with Crippen LogP contribution in [0.25, 0.3) is 10.9 Å². The van der Waals surface area contributed by atoms with Gasteiger partial charge in [0.05, 0.1) is 40.2 Å². The number of nitrogens with one attached hydrogen (secondary N) is 1. The van der Waals surface area contributed by atoms with E-state index in [0.29, 0.717) is 30.2 Å². The van der Waals surface area contributed by atoms with E-state index in [1.54, 1.807) is 6.07 Å². The average Bonchev–Trinajstić information content (AvgIpc) is 3.28. The van der Waals surface area contributed by atoms with Crippen molar-refractivity contribution in [3.05, 3.63) is 33.2 Å². The van der Waals surface area contributed by atoms with Crippen molar-refractivity contribution in [1.82, 2.24) is 4.98 Å². The van der Waals surface area contributed by atoms with Crippen LogP contribution in [-0.2, 0) is 17.8 Å². The topological polar surface area (TPSA) is 34.2 Å². The molecule has 0 saturated heterocycles. The van der Waals surface area contributed by atoms with Gasteiger partial charge in [0, 0.05) is 23.4 Å². The summed E-state index contributed by atoms with van der Waals surface area (Å²) in [5, 5.41) is 4.10. The van der Waals surface area contributed by atoms with Crippen molar-refractivity contribution in [1.29, 1.82) is 0 Å². The molecule has 0 bridgehead atoms. The molecule has 1 saturated carbocycles. The molecular weight excluding hydrogens is 314 g/mol. The predicted molar refractivity (Wildman–Crippen MR) is 81.7 cm³/mol. The summed E-state index contributed by atoms with van der Waals surface area (Å²) in [5.41, 5.74) is 3.47. The lowest BCUT2D eigenvalue weighted by Gasteiger charge is -2.22. The summed E-state index contributed by atoms with van der Waals surface area (Å²) in [5.74, 6) is -0.594. The van der Waals surface area contributed by atoms with E-state index in [-0.39, 0.29) is 10.0 Å². The number of halogens is 3. The first-order valence-electron chi connectivity index (χ1n) is 6.98. The molecule has 0 unspecified atom stereocenters. The highest BCUT2D eigenvalue weighted by atomic mass is 35.5. The minimum Gasteiger partial charge on any atom is -0.381 e. The standard InChI is InChI=1S/C15H13Cl2FN2O/c16-9-5-11-12(13(17)14(9)18)15(19-7-1-2-7)8-6-21-4-3-10(8)20-11/h5,7H,1-4,6H2,(H,19,20). The third kappa shape index (κ3) is 2.26. The van der Waals surface area contributed by atoms with Crippen LogP contribution < -0.4 is 5.32 Å². The molecule has 1 aliphatic carbocycles. The number of aromatic nitrogens is 1. The summed E-state index contributed by atoms with van der Waals surface area (Å²) >= 11 is 12.1. The molecule has 1 N–H and O–H groups in total. The van der Waals surface area contributed by atoms with Crippen molar-refractivity contribution in [2.24, 2.45) is 0 Å². The number of ether oxygens (including phenoxy) is 1. The molecule has 0 radical (unpaired) electrons. The van der Waals surface area contributed by atoms with Crippen LogP contribution in [0.1, 0.15) is 24.1 Å². The maximum Gasteiger partial charge on any atom is 0.161 e. The molecule has 110 valence electrons. The molecule has 0 spiro atoms. The number of anilines is 1. The monoisotopic (exact) mass is 326 g/mol. The van der Waals surface area contributed by atoms with E-state index in [0.717, 1.165) is 36.2 Å². The fourth-order valence-corrected chi connectivity index (χ4v) is 3.25. The van der Waals surface area contributed by atoms with Crippen LogP contribution in [0.5, 0.6) is 0 Å². The Morgan fingerprint density at radius 1 is 1.33 bits per heavy atom. The van der Waals surface area contributed by atoms with Gasteiger partial charge >= 0.3 is 0 Å². The fourth-order valence-electron chi connectivity index (χ4n) is 2.71. The molecule has 2 aliphatic rings. The first-order valence-corrected chi connectivity index (χ1v) is 7.74. The molecule has 4 rings (SSSR count). The molecule has 2 aromatic rings. The molecule has 1 aromatic carbocycles. The zero-order valence-corrected chi connectivity index (χ0v) is 12.7. The van der Waals surface area contributed by atoms with Gasteiger partial charge < -0.3 is 10.1 Å². The highest BCUT2D eigenvalue weighted by Crippen LogP contribution is 2.41. The van der Waals surface area contributed by atoms with E-state index in [1.807, 2.05) is 0 Å². The van der Waals surface area contributed by atoms with Gasteiger partial charge in [0.1, 0.15) is 0 Å². The Kier molecular flexibility index (Phi) is 3.21. The Labute approximate surface area is 131 Å². The number of hydrogen-bond donors (Lipinski definition) is 1. The molecular formula is C15H13Cl2FN2O. The fraction of sp³-hybridized carbons (Fsp3) is 0.400. The summed E-state index contributed by atoms with van der Waals surface area (Å²) in [6.07, 6.45) is 2.98. The van der Waals surface area contributed by atoms with Crippen LogP contribution in [-0.4, -0.2) is 17.6 Å². The Morgan fingerprint density at radius 2 is 2.14 bits per heavy atom. The zero-order chi connectivity index (χ0) is 14.6. The van der Waals surface area contributed by atoms with E-state index >= 15 is 0 Å². The minimum absolute atomic E-state index is 0.00406. The SMILES string of the molecule is Fc1c(Cl)cc2nc3c(c(NC4CC4)c2c1Cl)COCC3. The second kappa shape index (κ2) is 4.97. The van der Waals surface area contributed by atoms with Gasteiger partial charge in [0.15, 0.2) is 5.82 Å². The van der Waals surface area contributed by atoms with Crippen LogP contribution in [0.4, 0.5) is 10.1 Å². The van der Waals surface area contributed by atoms with Crippen molar-refractivity contribution >= 4 is 39.8 Å². The van der Waals surface area contributed by atoms with Crippen LogP contribution in [0.3, 0.4) is 0 Å². The molecule has 1 aromatic heterocycles. The Bertz CT molecular complexity index is 747. The lowest BCUT2D eigenvalue weighted by atomic mass is 10.0. The molecule has 0 amide bonds. The van der Waals surface area contributed by atoms with Crippen molar-refractivity contribution in [2.75, 3.05) is 11.9 Å². The smallest absolute Gasteiger partial charge is 0.161 e. The number of pyridine rings is 1. The van der Waals surface area contributed by atoms with Gasteiger partial charge in [0.2, 0.25) is 0 Å². The van der Waals surface area contributed by atoms with Crippen molar-refractivity contribution in [3.63, 3.8) is 0 Å². The number of hydrogen-bond acceptors (Lipinski definition) is 3. The molecule has 3 nitrogen and oxygen atoms in total. The van der Waals surface area contributed by atoms with Crippen LogP contribution >= 0.6 is 23.2 Å². The van der Waals surface area contributed by atoms with Gasteiger partial charge in [0.25, 0.3) is 0 Å². The molecule has 1 aliphatic heterocycles. The number of nitrogens with zero attached hydrogens (tertiary/aromatic N) is 1.